The van der Waals surface area contributed by atoms with Crippen molar-refractivity contribution in [1.29, 1.82) is 0 Å². The Morgan fingerprint density at radius 3 is 2.70 bits per heavy atom. The maximum atomic E-state index is 13.6. The second-order valence-electron chi connectivity index (χ2n) is 5.64. The highest BCUT2D eigenvalue weighted by Gasteiger charge is 2.20. The van der Waals surface area contributed by atoms with Crippen molar-refractivity contribution in [3.8, 4) is 0 Å². The van der Waals surface area contributed by atoms with Gasteiger partial charge in [0.25, 0.3) is 0 Å². The van der Waals surface area contributed by atoms with E-state index in [2.05, 4.69) is 17.1 Å². The van der Waals surface area contributed by atoms with Gasteiger partial charge in [0.05, 0.1) is 0 Å². The van der Waals surface area contributed by atoms with Crippen LogP contribution in [0.5, 0.6) is 0 Å². The van der Waals surface area contributed by atoms with Gasteiger partial charge in [0.15, 0.2) is 11.6 Å². The molecule has 0 amide bonds. The smallest absolute Gasteiger partial charge is 0.163 e. The highest BCUT2D eigenvalue weighted by Crippen LogP contribution is 2.20. The number of hydrogen-bond donors (Lipinski definition) is 1. The molecule has 0 aromatic heterocycles. The summed E-state index contributed by atoms with van der Waals surface area (Å²) in [4.78, 5) is 2.22. The zero-order valence-electron chi connectivity index (χ0n) is 12.2. The van der Waals surface area contributed by atoms with E-state index in [0.717, 1.165) is 51.4 Å². The van der Waals surface area contributed by atoms with Crippen LogP contribution in [0.4, 0.5) is 8.78 Å². The third-order valence-electron chi connectivity index (χ3n) is 3.99. The molecule has 0 bridgehead atoms. The first-order valence-electron chi connectivity index (χ1n) is 7.56. The van der Waals surface area contributed by atoms with Crippen LogP contribution < -0.4 is 5.32 Å². The summed E-state index contributed by atoms with van der Waals surface area (Å²) in [5.74, 6) is -0.726. The Hall–Kier alpha value is -1.00. The third-order valence-corrected chi connectivity index (χ3v) is 3.99. The number of rotatable bonds is 6. The van der Waals surface area contributed by atoms with Crippen LogP contribution in [0.2, 0.25) is 0 Å². The summed E-state index contributed by atoms with van der Waals surface area (Å²) < 4.78 is 26.8. The molecule has 112 valence electrons. The number of halogens is 2. The molecule has 20 heavy (non-hydrogen) atoms. The molecule has 0 radical (unpaired) electrons. The van der Waals surface area contributed by atoms with Crippen LogP contribution in [-0.4, -0.2) is 31.1 Å². The lowest BCUT2D eigenvalue weighted by Gasteiger charge is -2.32. The molecule has 1 N–H and O–H groups in total. The lowest BCUT2D eigenvalue weighted by atomic mass is 9.96. The Morgan fingerprint density at radius 2 is 2.00 bits per heavy atom. The highest BCUT2D eigenvalue weighted by molar-refractivity contribution is 5.18. The molecule has 0 saturated carbocycles. The van der Waals surface area contributed by atoms with Gasteiger partial charge in [0.2, 0.25) is 0 Å². The molecule has 1 aromatic carbocycles. The Morgan fingerprint density at radius 1 is 1.25 bits per heavy atom. The first kappa shape index (κ1) is 15.4. The van der Waals surface area contributed by atoms with E-state index in [4.69, 9.17) is 0 Å². The van der Waals surface area contributed by atoms with Crippen molar-refractivity contribution in [2.45, 2.75) is 32.7 Å². The molecule has 4 heteroatoms. The van der Waals surface area contributed by atoms with Gasteiger partial charge in [0.1, 0.15) is 0 Å². The van der Waals surface area contributed by atoms with Gasteiger partial charge >= 0.3 is 0 Å². The fourth-order valence-corrected chi connectivity index (χ4v) is 2.74. The summed E-state index contributed by atoms with van der Waals surface area (Å²) in [6.45, 7) is 6.77. The normalized spacial score (nSPS) is 17.6. The maximum absolute atomic E-state index is 13.6. The monoisotopic (exact) mass is 282 g/mol. The van der Waals surface area contributed by atoms with Gasteiger partial charge in [-0.05, 0) is 57.4 Å². The summed E-state index contributed by atoms with van der Waals surface area (Å²) in [7, 11) is 0. The van der Waals surface area contributed by atoms with Gasteiger partial charge < -0.3 is 5.32 Å². The van der Waals surface area contributed by atoms with Gasteiger partial charge in [-0.3, -0.25) is 4.90 Å². The summed E-state index contributed by atoms with van der Waals surface area (Å²) in [6.07, 6.45) is 3.43. The Kier molecular flexibility index (Phi) is 5.92. The van der Waals surface area contributed by atoms with Gasteiger partial charge in [-0.1, -0.05) is 19.1 Å². The highest BCUT2D eigenvalue weighted by atomic mass is 19.2. The van der Waals surface area contributed by atoms with Crippen LogP contribution >= 0.6 is 0 Å². The first-order valence-corrected chi connectivity index (χ1v) is 7.56. The molecule has 1 aliphatic heterocycles. The van der Waals surface area contributed by atoms with Crippen LogP contribution in [0.1, 0.15) is 31.7 Å². The molecular weight excluding hydrogens is 258 g/mol. The Bertz CT molecular complexity index is 415. The number of nitrogens with zero attached hydrogens (tertiary/aromatic N) is 1. The zero-order valence-corrected chi connectivity index (χ0v) is 12.2. The van der Waals surface area contributed by atoms with Crippen molar-refractivity contribution in [2.75, 3.05) is 26.2 Å². The molecule has 0 atom stereocenters. The number of nitrogens with one attached hydrogen (secondary N) is 1. The molecule has 2 rings (SSSR count). The first-order chi connectivity index (χ1) is 9.70. The van der Waals surface area contributed by atoms with Crippen molar-refractivity contribution in [3.63, 3.8) is 0 Å². The third kappa shape index (κ3) is 4.25. The topological polar surface area (TPSA) is 15.3 Å². The quantitative estimate of drug-likeness (QED) is 0.806. The van der Waals surface area contributed by atoms with E-state index in [9.17, 15) is 8.78 Å². The molecule has 1 aliphatic rings. The van der Waals surface area contributed by atoms with Crippen LogP contribution in [0.25, 0.3) is 0 Å². The second kappa shape index (κ2) is 7.70. The van der Waals surface area contributed by atoms with E-state index in [1.165, 1.54) is 6.07 Å². The number of piperidine rings is 1. The van der Waals surface area contributed by atoms with E-state index in [-0.39, 0.29) is 0 Å². The summed E-state index contributed by atoms with van der Waals surface area (Å²) in [5.41, 5.74) is 0.465. The van der Waals surface area contributed by atoms with Crippen LogP contribution in [0, 0.1) is 17.6 Å². The summed E-state index contributed by atoms with van der Waals surface area (Å²) in [5, 5.41) is 3.46. The lowest BCUT2D eigenvalue weighted by Crippen LogP contribution is -2.37. The van der Waals surface area contributed by atoms with Crippen LogP contribution in [-0.2, 0) is 6.54 Å². The molecule has 1 aromatic rings. The molecule has 0 aliphatic carbocycles. The molecule has 1 saturated heterocycles. The molecule has 0 unspecified atom stereocenters. The SMILES string of the molecule is CCCNCC1CCN(Cc2cccc(F)c2F)CC1. The molecule has 1 fully saturated rings. The minimum absolute atomic E-state index is 0.465. The van der Waals surface area contributed by atoms with Crippen molar-refractivity contribution in [3.05, 3.63) is 35.4 Å². The number of hydrogen-bond acceptors (Lipinski definition) is 2. The van der Waals surface area contributed by atoms with Gasteiger partial charge in [-0.25, -0.2) is 8.78 Å². The largest absolute Gasteiger partial charge is 0.316 e. The van der Waals surface area contributed by atoms with E-state index in [0.29, 0.717) is 12.1 Å². The van der Waals surface area contributed by atoms with Gasteiger partial charge in [-0.2, -0.15) is 0 Å². The van der Waals surface area contributed by atoms with E-state index in [1.54, 1.807) is 12.1 Å². The van der Waals surface area contributed by atoms with Gasteiger partial charge in [-0.15, -0.1) is 0 Å². The molecule has 2 nitrogen and oxygen atoms in total. The fourth-order valence-electron chi connectivity index (χ4n) is 2.74. The van der Waals surface area contributed by atoms with Crippen molar-refractivity contribution >= 4 is 0 Å². The predicted octanol–water partition coefficient (Wildman–Crippen LogP) is 3.18. The van der Waals surface area contributed by atoms with Crippen LogP contribution in [0.3, 0.4) is 0 Å². The van der Waals surface area contributed by atoms with E-state index < -0.39 is 11.6 Å². The predicted molar refractivity (Wildman–Crippen MR) is 77.5 cm³/mol. The number of benzene rings is 1. The van der Waals surface area contributed by atoms with E-state index >= 15 is 0 Å². The van der Waals surface area contributed by atoms with Crippen molar-refractivity contribution in [1.82, 2.24) is 10.2 Å². The zero-order chi connectivity index (χ0) is 14.4. The second-order valence-corrected chi connectivity index (χ2v) is 5.64. The summed E-state index contributed by atoms with van der Waals surface area (Å²) in [6, 6.07) is 4.42. The minimum Gasteiger partial charge on any atom is -0.316 e. The number of likely N-dealkylation sites (tertiary alicyclic amines) is 1. The maximum Gasteiger partial charge on any atom is 0.163 e. The molecule has 1 heterocycles. The molecular formula is C16H24F2N2. The molecule has 0 spiro atoms. The minimum atomic E-state index is -0.749. The van der Waals surface area contributed by atoms with E-state index in [1.807, 2.05) is 0 Å². The average molecular weight is 282 g/mol. The fraction of sp³-hybridized carbons (Fsp3) is 0.625. The summed E-state index contributed by atoms with van der Waals surface area (Å²) >= 11 is 0. The standard InChI is InChI=1S/C16H24F2N2/c1-2-8-19-11-13-6-9-20(10-7-13)12-14-4-3-5-15(17)16(14)18/h3-5,13,19H,2,6-12H2,1H3. The Labute approximate surface area is 120 Å². The van der Waals surface area contributed by atoms with Crippen LogP contribution in [0.15, 0.2) is 18.2 Å². The van der Waals surface area contributed by atoms with Gasteiger partial charge in [0, 0.05) is 12.1 Å². The van der Waals surface area contributed by atoms with Crippen molar-refractivity contribution < 1.29 is 8.78 Å². The average Bonchev–Trinajstić information content (AvgIpc) is 2.46. The lowest BCUT2D eigenvalue weighted by molar-refractivity contribution is 0.173. The Balaban J connectivity index is 1.78. The van der Waals surface area contributed by atoms with Crippen molar-refractivity contribution in [2.24, 2.45) is 5.92 Å².